The van der Waals surface area contributed by atoms with E-state index in [2.05, 4.69) is 17.4 Å². The summed E-state index contributed by atoms with van der Waals surface area (Å²) in [6.07, 6.45) is 7.54. The number of hydrogen-bond acceptors (Lipinski definition) is 2. The van der Waals surface area contributed by atoms with Gasteiger partial charge in [-0.15, -0.1) is 0 Å². The number of para-hydroxylation sites is 1. The summed E-state index contributed by atoms with van der Waals surface area (Å²) in [5, 5.41) is 3.40. The highest BCUT2D eigenvalue weighted by atomic mass is 16.2. The molecule has 1 saturated carbocycles. The molecule has 2 aliphatic rings. The minimum Gasteiger partial charge on any atom is -0.385 e. The average Bonchev–Trinajstić information content (AvgIpc) is 2.54. The van der Waals surface area contributed by atoms with Crippen molar-refractivity contribution >= 4 is 11.6 Å². The molecule has 114 valence electrons. The lowest BCUT2D eigenvalue weighted by molar-refractivity contribution is -0.132. The summed E-state index contributed by atoms with van der Waals surface area (Å²) in [4.78, 5) is 14.8. The van der Waals surface area contributed by atoms with Crippen molar-refractivity contribution in [2.75, 3.05) is 25.5 Å². The van der Waals surface area contributed by atoms with Crippen molar-refractivity contribution in [1.29, 1.82) is 0 Å². The molecule has 1 amide bonds. The van der Waals surface area contributed by atoms with E-state index in [9.17, 15) is 4.79 Å². The molecule has 1 fully saturated rings. The predicted molar refractivity (Wildman–Crippen MR) is 86.5 cm³/mol. The minimum atomic E-state index is 0.0380. The molecule has 3 nitrogen and oxygen atoms in total. The third kappa shape index (κ3) is 3.22. The molecule has 1 aromatic rings. The highest BCUT2D eigenvalue weighted by molar-refractivity contribution is 5.86. The van der Waals surface area contributed by atoms with E-state index in [-0.39, 0.29) is 5.92 Å². The van der Waals surface area contributed by atoms with Gasteiger partial charge in [0.05, 0.1) is 5.92 Å². The van der Waals surface area contributed by atoms with Gasteiger partial charge in [-0.1, -0.05) is 37.5 Å². The molecule has 0 spiro atoms. The zero-order valence-electron chi connectivity index (χ0n) is 13.0. The van der Waals surface area contributed by atoms with Crippen molar-refractivity contribution in [3.63, 3.8) is 0 Å². The van der Waals surface area contributed by atoms with Gasteiger partial charge in [-0.3, -0.25) is 4.79 Å². The van der Waals surface area contributed by atoms with Gasteiger partial charge in [0.25, 0.3) is 0 Å². The maximum atomic E-state index is 12.8. The maximum absolute atomic E-state index is 12.8. The van der Waals surface area contributed by atoms with Gasteiger partial charge in [-0.25, -0.2) is 0 Å². The summed E-state index contributed by atoms with van der Waals surface area (Å²) in [6.45, 7) is 1.83. The number of amides is 1. The van der Waals surface area contributed by atoms with E-state index < -0.39 is 0 Å². The van der Waals surface area contributed by atoms with E-state index >= 15 is 0 Å². The van der Waals surface area contributed by atoms with Crippen LogP contribution in [0.3, 0.4) is 0 Å². The maximum Gasteiger partial charge on any atom is 0.230 e. The summed E-state index contributed by atoms with van der Waals surface area (Å²) in [7, 11) is 1.99. The molecule has 1 aliphatic heterocycles. The Hall–Kier alpha value is -1.51. The number of rotatable bonds is 3. The highest BCUT2D eigenvalue weighted by Gasteiger charge is 2.29. The monoisotopic (exact) mass is 286 g/mol. The van der Waals surface area contributed by atoms with Crippen LogP contribution in [0.4, 0.5) is 5.69 Å². The first kappa shape index (κ1) is 14.4. The number of nitrogens with zero attached hydrogens (tertiary/aromatic N) is 1. The first-order valence-corrected chi connectivity index (χ1v) is 8.33. The van der Waals surface area contributed by atoms with E-state index in [1.54, 1.807) is 0 Å². The summed E-state index contributed by atoms with van der Waals surface area (Å²) in [5.41, 5.74) is 2.30. The molecule has 21 heavy (non-hydrogen) atoms. The van der Waals surface area contributed by atoms with E-state index in [4.69, 9.17) is 0 Å². The largest absolute Gasteiger partial charge is 0.385 e. The van der Waals surface area contributed by atoms with Gasteiger partial charge < -0.3 is 10.2 Å². The number of likely N-dealkylation sites (N-methyl/N-ethyl adjacent to an activating group) is 1. The van der Waals surface area contributed by atoms with Crippen LogP contribution in [0.5, 0.6) is 0 Å². The molecule has 3 rings (SSSR count). The number of fused-ring (bicyclic) bond motifs is 1. The average molecular weight is 286 g/mol. The van der Waals surface area contributed by atoms with Crippen LogP contribution in [-0.4, -0.2) is 30.9 Å². The molecule has 0 radical (unpaired) electrons. The third-order valence-electron chi connectivity index (χ3n) is 5.02. The normalized spacial score (nSPS) is 22.2. The minimum absolute atomic E-state index is 0.0380. The van der Waals surface area contributed by atoms with E-state index in [1.807, 2.05) is 24.1 Å². The topological polar surface area (TPSA) is 32.3 Å². The number of nitrogens with one attached hydrogen (secondary N) is 1. The van der Waals surface area contributed by atoms with Crippen LogP contribution in [0, 0.1) is 5.92 Å². The van der Waals surface area contributed by atoms with Gasteiger partial charge >= 0.3 is 0 Å². The molecule has 1 N–H and O–H groups in total. The lowest BCUT2D eigenvalue weighted by Gasteiger charge is -2.32. The van der Waals surface area contributed by atoms with Gasteiger partial charge in [0.15, 0.2) is 0 Å². The van der Waals surface area contributed by atoms with Crippen molar-refractivity contribution in [2.45, 2.75) is 44.4 Å². The quantitative estimate of drug-likeness (QED) is 0.920. The first-order chi connectivity index (χ1) is 10.3. The molecule has 3 heteroatoms. The van der Waals surface area contributed by atoms with Gasteiger partial charge in [-0.05, 0) is 36.8 Å². The van der Waals surface area contributed by atoms with Crippen molar-refractivity contribution in [3.05, 3.63) is 29.8 Å². The Kier molecular flexibility index (Phi) is 4.47. The van der Waals surface area contributed by atoms with Crippen molar-refractivity contribution in [1.82, 2.24) is 4.90 Å². The van der Waals surface area contributed by atoms with Gasteiger partial charge in [0, 0.05) is 25.8 Å². The molecule has 1 heterocycles. The second kappa shape index (κ2) is 6.50. The zero-order chi connectivity index (χ0) is 14.7. The van der Waals surface area contributed by atoms with Crippen LogP contribution in [0.25, 0.3) is 0 Å². The predicted octanol–water partition coefficient (Wildman–Crippen LogP) is 3.62. The molecule has 1 aromatic carbocycles. The zero-order valence-corrected chi connectivity index (χ0v) is 13.0. The van der Waals surface area contributed by atoms with Crippen molar-refractivity contribution in [2.24, 2.45) is 5.92 Å². The summed E-state index contributed by atoms with van der Waals surface area (Å²) in [6, 6.07) is 8.24. The Morgan fingerprint density at radius 1 is 1.19 bits per heavy atom. The van der Waals surface area contributed by atoms with Crippen LogP contribution < -0.4 is 5.32 Å². The third-order valence-corrected chi connectivity index (χ3v) is 5.02. The summed E-state index contributed by atoms with van der Waals surface area (Å²) in [5.74, 6) is 1.05. The Bertz CT molecular complexity index is 494. The highest BCUT2D eigenvalue weighted by Crippen LogP contribution is 2.33. The van der Waals surface area contributed by atoms with Gasteiger partial charge in [0.2, 0.25) is 5.91 Å². The molecular weight excluding hydrogens is 260 g/mol. The Morgan fingerprint density at radius 3 is 2.76 bits per heavy atom. The van der Waals surface area contributed by atoms with Gasteiger partial charge in [-0.2, -0.15) is 0 Å². The van der Waals surface area contributed by atoms with Crippen LogP contribution >= 0.6 is 0 Å². The lowest BCUT2D eigenvalue weighted by atomic mass is 9.87. The molecule has 1 atom stereocenters. The van der Waals surface area contributed by atoms with Crippen molar-refractivity contribution in [3.8, 4) is 0 Å². The molecule has 1 unspecified atom stereocenters. The van der Waals surface area contributed by atoms with E-state index in [0.717, 1.165) is 25.2 Å². The molecule has 0 saturated heterocycles. The van der Waals surface area contributed by atoms with E-state index in [1.165, 1.54) is 37.7 Å². The number of anilines is 1. The standard InChI is InChI=1S/C18H26N2O/c1-20(13-14-7-3-2-4-8-14)18(21)16-11-12-19-17-10-6-5-9-15(16)17/h5-6,9-10,14,16,19H,2-4,7-8,11-13H2,1H3. The number of carbonyl (C=O) groups is 1. The fourth-order valence-electron chi connectivity index (χ4n) is 3.84. The van der Waals surface area contributed by atoms with Crippen LogP contribution in [-0.2, 0) is 4.79 Å². The second-order valence-corrected chi connectivity index (χ2v) is 6.58. The Balaban J connectivity index is 1.67. The smallest absolute Gasteiger partial charge is 0.230 e. The lowest BCUT2D eigenvalue weighted by Crippen LogP contribution is -2.38. The van der Waals surface area contributed by atoms with E-state index in [0.29, 0.717) is 11.8 Å². The summed E-state index contributed by atoms with van der Waals surface area (Å²) < 4.78 is 0. The van der Waals surface area contributed by atoms with Crippen molar-refractivity contribution < 1.29 is 4.79 Å². The fraction of sp³-hybridized carbons (Fsp3) is 0.611. The molecular formula is C18H26N2O. The second-order valence-electron chi connectivity index (χ2n) is 6.58. The van der Waals surface area contributed by atoms with Crippen LogP contribution in [0.15, 0.2) is 24.3 Å². The van der Waals surface area contributed by atoms with Gasteiger partial charge in [0.1, 0.15) is 0 Å². The van der Waals surface area contributed by atoms with Crippen LogP contribution in [0.2, 0.25) is 0 Å². The molecule has 0 aromatic heterocycles. The summed E-state index contributed by atoms with van der Waals surface area (Å²) >= 11 is 0. The van der Waals surface area contributed by atoms with Crippen LogP contribution in [0.1, 0.15) is 50.0 Å². The number of hydrogen-bond donors (Lipinski definition) is 1. The molecule has 1 aliphatic carbocycles. The number of carbonyl (C=O) groups excluding carboxylic acids is 1. The molecule has 0 bridgehead atoms. The Morgan fingerprint density at radius 2 is 1.95 bits per heavy atom. The number of benzene rings is 1. The first-order valence-electron chi connectivity index (χ1n) is 8.33. The Labute approximate surface area is 127 Å². The SMILES string of the molecule is CN(CC1CCCCC1)C(=O)C1CCNc2ccccc21. The fourth-order valence-corrected chi connectivity index (χ4v) is 3.84.